The number of benzene rings is 1. The Morgan fingerprint density at radius 3 is 2.48 bits per heavy atom. The SMILES string of the molecule is Cc1ccc(C(=O)O)cc1NC(=O)C(C)OC1CCCCCC1. The van der Waals surface area contributed by atoms with E-state index in [4.69, 9.17) is 9.84 Å². The first-order chi connectivity index (χ1) is 11.0. The molecule has 2 rings (SSSR count). The molecule has 2 N–H and O–H groups in total. The third-order valence-electron chi connectivity index (χ3n) is 4.31. The highest BCUT2D eigenvalue weighted by Gasteiger charge is 2.21. The van der Waals surface area contributed by atoms with Gasteiger partial charge in [0.1, 0.15) is 6.10 Å². The molecule has 0 aromatic heterocycles. The molecule has 1 unspecified atom stereocenters. The van der Waals surface area contributed by atoms with Gasteiger partial charge in [-0.3, -0.25) is 4.79 Å². The minimum absolute atomic E-state index is 0.143. The van der Waals surface area contributed by atoms with Gasteiger partial charge in [0.15, 0.2) is 0 Å². The molecule has 1 aromatic carbocycles. The Labute approximate surface area is 137 Å². The first kappa shape index (κ1) is 17.5. The van der Waals surface area contributed by atoms with Crippen molar-refractivity contribution in [2.24, 2.45) is 0 Å². The zero-order valence-electron chi connectivity index (χ0n) is 13.8. The number of carboxylic acids is 1. The van der Waals surface area contributed by atoms with Crippen LogP contribution in [-0.4, -0.2) is 29.2 Å². The Morgan fingerprint density at radius 2 is 1.87 bits per heavy atom. The molecule has 0 aliphatic heterocycles. The van der Waals surface area contributed by atoms with E-state index in [1.54, 1.807) is 13.0 Å². The number of anilines is 1. The van der Waals surface area contributed by atoms with Crippen molar-refractivity contribution in [2.45, 2.75) is 64.6 Å². The first-order valence-electron chi connectivity index (χ1n) is 8.27. The van der Waals surface area contributed by atoms with Gasteiger partial charge in [-0.15, -0.1) is 0 Å². The molecule has 0 spiro atoms. The van der Waals surface area contributed by atoms with Crippen molar-refractivity contribution in [3.05, 3.63) is 29.3 Å². The van der Waals surface area contributed by atoms with E-state index in [0.29, 0.717) is 5.69 Å². The van der Waals surface area contributed by atoms with Crippen LogP contribution in [0.4, 0.5) is 5.69 Å². The van der Waals surface area contributed by atoms with E-state index in [9.17, 15) is 9.59 Å². The predicted octanol–water partition coefficient (Wildman–Crippen LogP) is 3.76. The van der Waals surface area contributed by atoms with Gasteiger partial charge in [-0.1, -0.05) is 31.7 Å². The highest BCUT2D eigenvalue weighted by molar-refractivity contribution is 5.96. The summed E-state index contributed by atoms with van der Waals surface area (Å²) < 4.78 is 5.89. The fourth-order valence-electron chi connectivity index (χ4n) is 2.85. The van der Waals surface area contributed by atoms with Crippen LogP contribution < -0.4 is 5.32 Å². The first-order valence-corrected chi connectivity index (χ1v) is 8.27. The van der Waals surface area contributed by atoms with Crippen molar-refractivity contribution >= 4 is 17.6 Å². The molecule has 126 valence electrons. The molecule has 1 aliphatic carbocycles. The van der Waals surface area contributed by atoms with Crippen LogP contribution in [0.3, 0.4) is 0 Å². The lowest BCUT2D eigenvalue weighted by atomic mass is 10.1. The van der Waals surface area contributed by atoms with Gasteiger partial charge >= 0.3 is 5.97 Å². The van der Waals surface area contributed by atoms with E-state index in [1.165, 1.54) is 25.0 Å². The summed E-state index contributed by atoms with van der Waals surface area (Å²) in [6.45, 7) is 3.58. The second-order valence-corrected chi connectivity index (χ2v) is 6.22. The second-order valence-electron chi connectivity index (χ2n) is 6.22. The van der Waals surface area contributed by atoms with Crippen molar-refractivity contribution in [3.8, 4) is 0 Å². The number of carbonyl (C=O) groups is 2. The van der Waals surface area contributed by atoms with Gasteiger partial charge in [0.2, 0.25) is 0 Å². The summed E-state index contributed by atoms with van der Waals surface area (Å²) in [5, 5.41) is 11.8. The van der Waals surface area contributed by atoms with Gasteiger partial charge in [-0.2, -0.15) is 0 Å². The van der Waals surface area contributed by atoms with E-state index >= 15 is 0 Å². The summed E-state index contributed by atoms with van der Waals surface area (Å²) in [6.07, 6.45) is 6.38. The number of hydrogen-bond acceptors (Lipinski definition) is 3. The molecule has 1 aliphatic rings. The zero-order chi connectivity index (χ0) is 16.8. The van der Waals surface area contributed by atoms with Gasteiger partial charge in [0.05, 0.1) is 11.7 Å². The molecule has 1 aromatic rings. The van der Waals surface area contributed by atoms with E-state index in [1.807, 2.05) is 6.92 Å². The molecule has 23 heavy (non-hydrogen) atoms. The molecule has 5 nitrogen and oxygen atoms in total. The lowest BCUT2D eigenvalue weighted by Gasteiger charge is -2.21. The number of amides is 1. The number of ether oxygens (including phenoxy) is 1. The van der Waals surface area contributed by atoms with Crippen LogP contribution in [0.5, 0.6) is 0 Å². The van der Waals surface area contributed by atoms with Gasteiger partial charge < -0.3 is 15.2 Å². The van der Waals surface area contributed by atoms with Crippen molar-refractivity contribution in [1.29, 1.82) is 0 Å². The Balaban J connectivity index is 1.97. The van der Waals surface area contributed by atoms with Crippen LogP contribution in [-0.2, 0) is 9.53 Å². The number of nitrogens with one attached hydrogen (secondary N) is 1. The molecular formula is C18H25NO4. The highest BCUT2D eigenvalue weighted by atomic mass is 16.5. The molecule has 1 saturated carbocycles. The number of aromatic carboxylic acids is 1. The van der Waals surface area contributed by atoms with E-state index in [-0.39, 0.29) is 17.6 Å². The number of rotatable bonds is 5. The minimum atomic E-state index is -1.01. The molecule has 0 bridgehead atoms. The quantitative estimate of drug-likeness (QED) is 0.810. The molecular weight excluding hydrogens is 294 g/mol. The van der Waals surface area contributed by atoms with Crippen LogP contribution in [0.25, 0.3) is 0 Å². The molecule has 0 heterocycles. The van der Waals surface area contributed by atoms with Crippen LogP contribution in [0.1, 0.15) is 61.4 Å². The van der Waals surface area contributed by atoms with E-state index in [0.717, 1.165) is 31.2 Å². The molecule has 1 atom stereocenters. The molecule has 0 radical (unpaired) electrons. The van der Waals surface area contributed by atoms with Gasteiger partial charge in [0, 0.05) is 5.69 Å². The second kappa shape index (κ2) is 8.11. The average Bonchev–Trinajstić information content (AvgIpc) is 2.77. The minimum Gasteiger partial charge on any atom is -0.478 e. The maximum Gasteiger partial charge on any atom is 0.335 e. The average molecular weight is 319 g/mol. The van der Waals surface area contributed by atoms with Crippen LogP contribution in [0, 0.1) is 6.92 Å². The Bertz CT molecular complexity index is 562. The Hall–Kier alpha value is -1.88. The number of aryl methyl sites for hydroxylation is 1. The summed E-state index contributed by atoms with van der Waals surface area (Å²) >= 11 is 0. The summed E-state index contributed by atoms with van der Waals surface area (Å²) in [4.78, 5) is 23.4. The smallest absolute Gasteiger partial charge is 0.335 e. The summed E-state index contributed by atoms with van der Waals surface area (Å²) in [5.74, 6) is -1.25. The Kier molecular flexibility index (Phi) is 6.16. The third kappa shape index (κ3) is 5.06. The van der Waals surface area contributed by atoms with Gasteiger partial charge in [-0.25, -0.2) is 4.79 Å². The van der Waals surface area contributed by atoms with Gasteiger partial charge in [-0.05, 0) is 44.4 Å². The number of carboxylic acid groups (broad SMARTS) is 1. The number of carbonyl (C=O) groups excluding carboxylic acids is 1. The largest absolute Gasteiger partial charge is 0.478 e. The molecule has 0 saturated heterocycles. The highest BCUT2D eigenvalue weighted by Crippen LogP contribution is 2.22. The van der Waals surface area contributed by atoms with E-state index in [2.05, 4.69) is 5.32 Å². The zero-order valence-corrected chi connectivity index (χ0v) is 13.8. The van der Waals surface area contributed by atoms with Crippen LogP contribution in [0.15, 0.2) is 18.2 Å². The standard InChI is InChI=1S/C18H25NO4/c1-12-9-10-14(18(21)22)11-16(12)19-17(20)13(2)23-15-7-5-3-4-6-8-15/h9-11,13,15H,3-8H2,1-2H3,(H,19,20)(H,21,22). The Morgan fingerprint density at radius 1 is 1.22 bits per heavy atom. The third-order valence-corrected chi connectivity index (χ3v) is 4.31. The van der Waals surface area contributed by atoms with Crippen molar-refractivity contribution < 1.29 is 19.4 Å². The topological polar surface area (TPSA) is 75.6 Å². The number of hydrogen-bond donors (Lipinski definition) is 2. The summed E-state index contributed by atoms with van der Waals surface area (Å²) in [7, 11) is 0. The predicted molar refractivity (Wildman–Crippen MR) is 88.8 cm³/mol. The van der Waals surface area contributed by atoms with Crippen LogP contribution >= 0.6 is 0 Å². The maximum absolute atomic E-state index is 12.3. The van der Waals surface area contributed by atoms with Crippen LogP contribution in [0.2, 0.25) is 0 Å². The molecule has 1 fully saturated rings. The normalized spacial score (nSPS) is 17.3. The molecule has 5 heteroatoms. The van der Waals surface area contributed by atoms with Crippen molar-refractivity contribution in [3.63, 3.8) is 0 Å². The van der Waals surface area contributed by atoms with Gasteiger partial charge in [0.25, 0.3) is 5.91 Å². The summed E-state index contributed by atoms with van der Waals surface area (Å²) in [6, 6.07) is 4.70. The fraction of sp³-hybridized carbons (Fsp3) is 0.556. The van der Waals surface area contributed by atoms with Crippen molar-refractivity contribution in [1.82, 2.24) is 0 Å². The lowest BCUT2D eigenvalue weighted by Crippen LogP contribution is -2.31. The monoisotopic (exact) mass is 319 g/mol. The van der Waals surface area contributed by atoms with E-state index < -0.39 is 12.1 Å². The maximum atomic E-state index is 12.3. The van der Waals surface area contributed by atoms with Crippen molar-refractivity contribution in [2.75, 3.05) is 5.32 Å². The molecule has 1 amide bonds. The lowest BCUT2D eigenvalue weighted by molar-refractivity contribution is -0.130. The summed E-state index contributed by atoms with van der Waals surface area (Å²) in [5.41, 5.74) is 1.50. The fourth-order valence-corrected chi connectivity index (χ4v) is 2.85.